The van der Waals surface area contributed by atoms with Crippen LogP contribution in [0.2, 0.25) is 0 Å². The predicted octanol–water partition coefficient (Wildman–Crippen LogP) is 7.40. The highest BCUT2D eigenvalue weighted by Crippen LogP contribution is 2.38. The number of anilines is 2. The predicted molar refractivity (Wildman–Crippen MR) is 149 cm³/mol. The molecule has 5 rings (SSSR count). The maximum atomic E-state index is 6.04. The van der Waals surface area contributed by atoms with E-state index in [1.165, 1.54) is 16.0 Å². The van der Waals surface area contributed by atoms with Crippen molar-refractivity contribution in [1.82, 2.24) is 10.3 Å². The average molecular weight is 496 g/mol. The Kier molecular flexibility index (Phi) is 7.45. The van der Waals surface area contributed by atoms with Gasteiger partial charge < -0.3 is 20.1 Å². The van der Waals surface area contributed by atoms with Crippen LogP contribution in [-0.4, -0.2) is 18.6 Å². The summed E-state index contributed by atoms with van der Waals surface area (Å²) in [5.74, 6) is 1.65. The van der Waals surface area contributed by atoms with Gasteiger partial charge in [-0.25, -0.2) is 0 Å². The van der Waals surface area contributed by atoms with Crippen molar-refractivity contribution >= 4 is 32.9 Å². The smallest absolute Gasteiger partial charge is 0.121 e. The van der Waals surface area contributed by atoms with E-state index in [9.17, 15) is 0 Å². The van der Waals surface area contributed by atoms with Gasteiger partial charge in [0.2, 0.25) is 0 Å². The molecule has 0 aliphatic heterocycles. The summed E-state index contributed by atoms with van der Waals surface area (Å²) in [5, 5.41) is 6.97. The zero-order chi connectivity index (χ0) is 24.7. The molecule has 0 unspecified atom stereocenters. The van der Waals surface area contributed by atoms with Crippen molar-refractivity contribution in [1.29, 1.82) is 0 Å². The number of aromatic nitrogens is 1. The lowest BCUT2D eigenvalue weighted by Crippen LogP contribution is -2.11. The third kappa shape index (κ3) is 5.67. The van der Waals surface area contributed by atoms with E-state index >= 15 is 0 Å². The van der Waals surface area contributed by atoms with Crippen molar-refractivity contribution in [2.45, 2.75) is 20.1 Å². The Labute approximate surface area is 215 Å². The number of methoxy groups -OCH3 is 1. The molecular formula is C30H29N3O2S. The second-order valence-corrected chi connectivity index (χ2v) is 9.51. The van der Waals surface area contributed by atoms with E-state index in [1.54, 1.807) is 18.4 Å². The summed E-state index contributed by atoms with van der Waals surface area (Å²) in [6, 6.07) is 28.9. The number of hydrogen-bond donors (Lipinski definition) is 2. The van der Waals surface area contributed by atoms with Gasteiger partial charge >= 0.3 is 0 Å². The normalized spacial score (nSPS) is 10.9. The quantitative estimate of drug-likeness (QED) is 0.211. The number of pyridine rings is 1. The molecule has 0 amide bonds. The van der Waals surface area contributed by atoms with Gasteiger partial charge in [0, 0.05) is 29.4 Å². The third-order valence-corrected chi connectivity index (χ3v) is 7.09. The van der Waals surface area contributed by atoms with Gasteiger partial charge in [-0.05, 0) is 65.7 Å². The number of ether oxygens (including phenoxy) is 2. The summed E-state index contributed by atoms with van der Waals surface area (Å²) in [7, 11) is 1.67. The summed E-state index contributed by atoms with van der Waals surface area (Å²) < 4.78 is 12.4. The SMILES string of the molecule is CCNCc1cccc(-c2cc3nccc(Nc4cccc(OCc5ccc(OC)cc5)c4)c3s2)c1. The standard InChI is InChI=1S/C30H29N3O2S/c1-3-31-19-22-6-4-7-23(16-22)29-18-28-30(36-29)27(14-15-32-28)33-24-8-5-9-26(17-24)35-20-21-10-12-25(34-2)13-11-21/h4-18,31H,3,19-20H2,1-2H3,(H,32,33). The number of thiophene rings is 1. The highest BCUT2D eigenvalue weighted by Gasteiger charge is 2.10. The maximum Gasteiger partial charge on any atom is 0.121 e. The Morgan fingerprint density at radius 2 is 1.72 bits per heavy atom. The van der Waals surface area contributed by atoms with E-state index in [-0.39, 0.29) is 0 Å². The summed E-state index contributed by atoms with van der Waals surface area (Å²) in [4.78, 5) is 5.83. The first-order valence-electron chi connectivity index (χ1n) is 12.0. The van der Waals surface area contributed by atoms with Gasteiger partial charge in [0.25, 0.3) is 0 Å². The van der Waals surface area contributed by atoms with Gasteiger partial charge in [-0.3, -0.25) is 4.98 Å². The molecule has 2 N–H and O–H groups in total. The number of nitrogens with one attached hydrogen (secondary N) is 2. The van der Waals surface area contributed by atoms with E-state index in [2.05, 4.69) is 52.9 Å². The van der Waals surface area contributed by atoms with Crippen molar-refractivity contribution in [2.24, 2.45) is 0 Å². The van der Waals surface area contributed by atoms with Crippen molar-refractivity contribution in [3.63, 3.8) is 0 Å². The van der Waals surface area contributed by atoms with E-state index < -0.39 is 0 Å². The molecule has 0 aliphatic carbocycles. The van der Waals surface area contributed by atoms with E-state index in [4.69, 9.17) is 9.47 Å². The van der Waals surface area contributed by atoms with Crippen LogP contribution in [0.4, 0.5) is 11.4 Å². The van der Waals surface area contributed by atoms with Crippen LogP contribution in [-0.2, 0) is 13.2 Å². The lowest BCUT2D eigenvalue weighted by atomic mass is 10.1. The van der Waals surface area contributed by atoms with Gasteiger partial charge in [-0.15, -0.1) is 11.3 Å². The summed E-state index contributed by atoms with van der Waals surface area (Å²) >= 11 is 1.76. The minimum absolute atomic E-state index is 0.494. The van der Waals surface area contributed by atoms with Gasteiger partial charge in [0.15, 0.2) is 0 Å². The largest absolute Gasteiger partial charge is 0.497 e. The molecule has 3 aromatic carbocycles. The molecule has 2 aromatic heterocycles. The van der Waals surface area contributed by atoms with Gasteiger partial charge in [-0.2, -0.15) is 0 Å². The first kappa shape index (κ1) is 23.9. The second kappa shape index (κ2) is 11.2. The van der Waals surface area contributed by atoms with Crippen LogP contribution >= 0.6 is 11.3 Å². The van der Waals surface area contributed by atoms with E-state index in [0.717, 1.165) is 51.7 Å². The zero-order valence-corrected chi connectivity index (χ0v) is 21.3. The van der Waals surface area contributed by atoms with Crippen molar-refractivity contribution in [3.8, 4) is 21.9 Å². The molecule has 0 saturated heterocycles. The number of fused-ring (bicyclic) bond motifs is 1. The molecule has 0 saturated carbocycles. The lowest BCUT2D eigenvalue weighted by molar-refractivity contribution is 0.306. The minimum Gasteiger partial charge on any atom is -0.497 e. The second-order valence-electron chi connectivity index (χ2n) is 8.45. The highest BCUT2D eigenvalue weighted by atomic mass is 32.1. The third-order valence-electron chi connectivity index (χ3n) is 5.88. The van der Waals surface area contributed by atoms with Crippen LogP contribution in [0.3, 0.4) is 0 Å². The summed E-state index contributed by atoms with van der Waals surface area (Å²) in [5.41, 5.74) is 6.58. The first-order chi connectivity index (χ1) is 17.7. The molecule has 0 radical (unpaired) electrons. The molecule has 0 spiro atoms. The van der Waals surface area contributed by atoms with Crippen LogP contribution < -0.4 is 20.1 Å². The van der Waals surface area contributed by atoms with Crippen LogP contribution in [0.25, 0.3) is 20.7 Å². The van der Waals surface area contributed by atoms with Crippen molar-refractivity contribution in [3.05, 3.63) is 102 Å². The molecule has 5 nitrogen and oxygen atoms in total. The van der Waals surface area contributed by atoms with Crippen LogP contribution in [0.1, 0.15) is 18.1 Å². The number of hydrogen-bond acceptors (Lipinski definition) is 6. The molecule has 2 heterocycles. The fourth-order valence-electron chi connectivity index (χ4n) is 3.99. The molecule has 0 aliphatic rings. The Balaban J connectivity index is 1.33. The van der Waals surface area contributed by atoms with Crippen molar-refractivity contribution < 1.29 is 9.47 Å². The fourth-order valence-corrected chi connectivity index (χ4v) is 5.07. The van der Waals surface area contributed by atoms with Crippen LogP contribution in [0.15, 0.2) is 91.1 Å². The zero-order valence-electron chi connectivity index (χ0n) is 20.5. The molecule has 0 fully saturated rings. The highest BCUT2D eigenvalue weighted by molar-refractivity contribution is 7.22. The Bertz CT molecular complexity index is 1450. The molecule has 0 bridgehead atoms. The fraction of sp³-hybridized carbons (Fsp3) is 0.167. The molecule has 0 atom stereocenters. The Morgan fingerprint density at radius 3 is 2.56 bits per heavy atom. The molecule has 36 heavy (non-hydrogen) atoms. The lowest BCUT2D eigenvalue weighted by Gasteiger charge is -2.11. The average Bonchev–Trinajstić information content (AvgIpc) is 3.37. The van der Waals surface area contributed by atoms with Gasteiger partial charge in [0.05, 0.1) is 23.0 Å². The van der Waals surface area contributed by atoms with E-state index in [0.29, 0.717) is 6.61 Å². The molecule has 5 aromatic rings. The summed E-state index contributed by atoms with van der Waals surface area (Å²) in [6.45, 7) is 4.45. The Hall–Kier alpha value is -3.87. The molecular weight excluding hydrogens is 466 g/mol. The van der Waals surface area contributed by atoms with E-state index in [1.807, 2.05) is 60.8 Å². The molecule has 6 heteroatoms. The van der Waals surface area contributed by atoms with Gasteiger partial charge in [-0.1, -0.05) is 43.3 Å². The van der Waals surface area contributed by atoms with Crippen molar-refractivity contribution in [2.75, 3.05) is 19.0 Å². The number of rotatable bonds is 10. The number of nitrogens with zero attached hydrogens (tertiary/aromatic N) is 1. The van der Waals surface area contributed by atoms with Crippen LogP contribution in [0, 0.1) is 0 Å². The Morgan fingerprint density at radius 1 is 0.861 bits per heavy atom. The minimum atomic E-state index is 0.494. The van der Waals surface area contributed by atoms with Crippen LogP contribution in [0.5, 0.6) is 11.5 Å². The summed E-state index contributed by atoms with van der Waals surface area (Å²) in [6.07, 6.45) is 1.85. The van der Waals surface area contributed by atoms with Gasteiger partial charge in [0.1, 0.15) is 18.1 Å². The topological polar surface area (TPSA) is 55.4 Å². The monoisotopic (exact) mass is 495 g/mol. The maximum absolute atomic E-state index is 6.04. The number of benzene rings is 3. The molecule has 182 valence electrons. The first-order valence-corrected chi connectivity index (χ1v) is 12.8.